The van der Waals surface area contributed by atoms with Crippen molar-refractivity contribution in [1.29, 1.82) is 0 Å². The van der Waals surface area contributed by atoms with Crippen LogP contribution in [0.5, 0.6) is 5.75 Å². The average molecular weight is 226 g/mol. The molecule has 0 heterocycles. The lowest BCUT2D eigenvalue weighted by molar-refractivity contribution is -0.113. The van der Waals surface area contributed by atoms with Gasteiger partial charge >= 0.3 is 0 Å². The first-order chi connectivity index (χ1) is 7.08. The van der Waals surface area contributed by atoms with Crippen molar-refractivity contribution in [2.45, 2.75) is 0 Å². The molecule has 0 aliphatic rings. The number of carbonyl (C=O) groups is 2. The summed E-state index contributed by atoms with van der Waals surface area (Å²) in [6.07, 6.45) is 0. The Morgan fingerprint density at radius 1 is 1.33 bits per heavy atom. The molecule has 2 amide bonds. The topological polar surface area (TPSA) is 92.4 Å². The van der Waals surface area contributed by atoms with E-state index in [1.54, 1.807) is 12.1 Å². The van der Waals surface area contributed by atoms with Crippen molar-refractivity contribution in [2.75, 3.05) is 11.1 Å². The number of carbonyl (C=O) groups excluding carboxylic acids is 2. The van der Waals surface area contributed by atoms with Gasteiger partial charge in [0.05, 0.1) is 5.75 Å². The third-order valence-corrected chi connectivity index (χ3v) is 2.19. The van der Waals surface area contributed by atoms with Crippen LogP contribution in [0.3, 0.4) is 0 Å². The molecule has 0 fully saturated rings. The average Bonchev–Trinajstić information content (AvgIpc) is 2.19. The molecular formula is C9H10N2O3S. The summed E-state index contributed by atoms with van der Waals surface area (Å²) in [5, 5.41) is 10.9. The Balaban J connectivity index is 2.44. The smallest absolute Gasteiger partial charge is 0.276 e. The Morgan fingerprint density at radius 2 is 1.93 bits per heavy atom. The molecule has 0 atom stereocenters. The first kappa shape index (κ1) is 11.4. The Morgan fingerprint density at radius 3 is 2.47 bits per heavy atom. The van der Waals surface area contributed by atoms with Gasteiger partial charge in [0.1, 0.15) is 5.75 Å². The lowest BCUT2D eigenvalue weighted by atomic mass is 10.3. The highest BCUT2D eigenvalue weighted by atomic mass is 32.2. The van der Waals surface area contributed by atoms with Gasteiger partial charge in [-0.3, -0.25) is 9.59 Å². The fraction of sp³-hybridized carbons (Fsp3) is 0.111. The number of thioether (sulfide) groups is 1. The number of benzene rings is 1. The second kappa shape index (κ2) is 5.26. The summed E-state index contributed by atoms with van der Waals surface area (Å²) in [5.74, 6) is -0.208. The van der Waals surface area contributed by atoms with Crippen molar-refractivity contribution in [1.82, 2.24) is 0 Å². The van der Waals surface area contributed by atoms with Gasteiger partial charge in [-0.15, -0.1) is 0 Å². The van der Waals surface area contributed by atoms with E-state index in [-0.39, 0.29) is 17.4 Å². The number of aromatic hydroxyl groups is 1. The van der Waals surface area contributed by atoms with Crippen LogP contribution in [0.25, 0.3) is 0 Å². The zero-order valence-electron chi connectivity index (χ0n) is 7.77. The summed E-state index contributed by atoms with van der Waals surface area (Å²) < 4.78 is 0. The predicted octanol–water partition coefficient (Wildman–Crippen LogP) is 1.14. The summed E-state index contributed by atoms with van der Waals surface area (Å²) in [5.41, 5.74) is 5.42. The molecule has 0 unspecified atom stereocenters. The number of hydrogen-bond donors (Lipinski definition) is 3. The molecule has 80 valence electrons. The second-order valence-electron chi connectivity index (χ2n) is 2.70. The maximum absolute atomic E-state index is 11.2. The zero-order chi connectivity index (χ0) is 11.3. The molecule has 5 nitrogen and oxygen atoms in total. The number of anilines is 1. The molecular weight excluding hydrogens is 216 g/mol. The van der Waals surface area contributed by atoms with Crippen molar-refractivity contribution in [2.24, 2.45) is 5.73 Å². The summed E-state index contributed by atoms with van der Waals surface area (Å²) in [4.78, 5) is 21.6. The van der Waals surface area contributed by atoms with Gasteiger partial charge < -0.3 is 16.2 Å². The summed E-state index contributed by atoms with van der Waals surface area (Å²) >= 11 is 0.739. The molecule has 0 aromatic heterocycles. The molecule has 0 bridgehead atoms. The van der Waals surface area contributed by atoms with Gasteiger partial charge in [0, 0.05) is 5.69 Å². The third-order valence-electron chi connectivity index (χ3n) is 1.50. The first-order valence-corrected chi connectivity index (χ1v) is 5.07. The Hall–Kier alpha value is -1.69. The van der Waals surface area contributed by atoms with Crippen molar-refractivity contribution >= 4 is 28.6 Å². The van der Waals surface area contributed by atoms with Crippen LogP contribution in [-0.2, 0) is 4.79 Å². The van der Waals surface area contributed by atoms with Crippen LogP contribution in [0.4, 0.5) is 10.5 Å². The van der Waals surface area contributed by atoms with Crippen LogP contribution in [-0.4, -0.2) is 22.0 Å². The van der Waals surface area contributed by atoms with E-state index in [4.69, 9.17) is 10.8 Å². The molecule has 1 rings (SSSR count). The summed E-state index contributed by atoms with van der Waals surface area (Å²) in [6, 6.07) is 6.03. The summed E-state index contributed by atoms with van der Waals surface area (Å²) in [7, 11) is 0. The number of nitrogens with two attached hydrogens (primary N) is 1. The molecule has 0 spiro atoms. The van der Waals surface area contributed by atoms with E-state index in [9.17, 15) is 9.59 Å². The molecule has 0 radical (unpaired) electrons. The van der Waals surface area contributed by atoms with Crippen molar-refractivity contribution in [3.63, 3.8) is 0 Å². The lowest BCUT2D eigenvalue weighted by Gasteiger charge is -2.03. The highest BCUT2D eigenvalue weighted by molar-refractivity contribution is 8.14. The molecule has 4 N–H and O–H groups in total. The van der Waals surface area contributed by atoms with Crippen LogP contribution in [0, 0.1) is 0 Å². The van der Waals surface area contributed by atoms with Gasteiger partial charge in [-0.05, 0) is 24.3 Å². The van der Waals surface area contributed by atoms with Crippen LogP contribution in [0.2, 0.25) is 0 Å². The van der Waals surface area contributed by atoms with Crippen LogP contribution in [0.15, 0.2) is 24.3 Å². The third kappa shape index (κ3) is 4.37. The molecule has 6 heteroatoms. The van der Waals surface area contributed by atoms with E-state index >= 15 is 0 Å². The van der Waals surface area contributed by atoms with Crippen LogP contribution in [0.1, 0.15) is 0 Å². The largest absolute Gasteiger partial charge is 0.508 e. The van der Waals surface area contributed by atoms with Gasteiger partial charge in [0.2, 0.25) is 5.91 Å². The zero-order valence-corrected chi connectivity index (χ0v) is 8.58. The number of phenolic OH excluding ortho intramolecular Hbond substituents is 1. The van der Waals surface area contributed by atoms with Gasteiger partial charge in [-0.2, -0.15) is 0 Å². The highest BCUT2D eigenvalue weighted by Crippen LogP contribution is 2.13. The fourth-order valence-electron chi connectivity index (χ4n) is 0.879. The maximum atomic E-state index is 11.2. The van der Waals surface area contributed by atoms with E-state index in [0.717, 1.165) is 11.8 Å². The highest BCUT2D eigenvalue weighted by Gasteiger charge is 2.04. The monoisotopic (exact) mass is 226 g/mol. The first-order valence-electron chi connectivity index (χ1n) is 4.09. The minimum atomic E-state index is -0.587. The number of amides is 2. The van der Waals surface area contributed by atoms with Crippen molar-refractivity contribution in [3.8, 4) is 5.75 Å². The molecule has 1 aromatic carbocycles. The minimum Gasteiger partial charge on any atom is -0.508 e. The fourth-order valence-corrected chi connectivity index (χ4v) is 1.22. The minimum absolute atomic E-state index is 0.0176. The number of hydrogen-bond acceptors (Lipinski definition) is 4. The molecule has 15 heavy (non-hydrogen) atoms. The van der Waals surface area contributed by atoms with E-state index < -0.39 is 5.24 Å². The number of nitrogens with one attached hydrogen (secondary N) is 1. The second-order valence-corrected chi connectivity index (χ2v) is 3.68. The predicted molar refractivity (Wildman–Crippen MR) is 58.8 cm³/mol. The molecule has 1 aromatic rings. The van der Waals surface area contributed by atoms with E-state index in [1.807, 2.05) is 0 Å². The SMILES string of the molecule is NC(=O)SCC(=O)Nc1ccc(O)cc1. The quantitative estimate of drug-likeness (QED) is 0.674. The lowest BCUT2D eigenvalue weighted by Crippen LogP contribution is -2.16. The maximum Gasteiger partial charge on any atom is 0.276 e. The van der Waals surface area contributed by atoms with E-state index in [1.165, 1.54) is 12.1 Å². The van der Waals surface area contributed by atoms with Gasteiger partial charge in [0.25, 0.3) is 5.24 Å². The van der Waals surface area contributed by atoms with E-state index in [0.29, 0.717) is 5.69 Å². The van der Waals surface area contributed by atoms with E-state index in [2.05, 4.69) is 5.32 Å². The Labute approximate surface area is 90.7 Å². The Kier molecular flexibility index (Phi) is 3.99. The standard InChI is InChI=1S/C9H10N2O3S/c10-9(14)15-5-8(13)11-6-1-3-7(12)4-2-6/h1-4,12H,5H2,(H2,10,14)(H,11,13). The molecule has 0 saturated heterocycles. The number of primary amides is 1. The van der Waals surface area contributed by atoms with Crippen molar-refractivity contribution < 1.29 is 14.7 Å². The molecule has 0 aliphatic carbocycles. The van der Waals surface area contributed by atoms with Crippen LogP contribution >= 0.6 is 11.8 Å². The van der Waals surface area contributed by atoms with Gasteiger partial charge in [-0.25, -0.2) is 0 Å². The van der Waals surface area contributed by atoms with Crippen LogP contribution < -0.4 is 11.1 Å². The molecule has 0 saturated carbocycles. The number of phenols is 1. The number of rotatable bonds is 3. The normalized spacial score (nSPS) is 9.60. The molecule has 0 aliphatic heterocycles. The van der Waals surface area contributed by atoms with Gasteiger partial charge in [0.15, 0.2) is 0 Å². The van der Waals surface area contributed by atoms with Gasteiger partial charge in [-0.1, -0.05) is 11.8 Å². The Bertz CT molecular complexity index is 364. The van der Waals surface area contributed by atoms with Crippen molar-refractivity contribution in [3.05, 3.63) is 24.3 Å². The summed E-state index contributed by atoms with van der Waals surface area (Å²) in [6.45, 7) is 0.